The fourth-order valence-corrected chi connectivity index (χ4v) is 2.83. The molecule has 1 aromatic rings. The molecule has 1 aromatic heterocycles. The lowest BCUT2D eigenvalue weighted by atomic mass is 10.3. The number of hydrogen-bond acceptors (Lipinski definition) is 6. The number of halogens is 1. The maximum Gasteiger partial charge on any atom is 0.157 e. The van der Waals surface area contributed by atoms with E-state index in [9.17, 15) is 4.79 Å². The third-order valence-corrected chi connectivity index (χ3v) is 4.26. The summed E-state index contributed by atoms with van der Waals surface area (Å²) in [6.07, 6.45) is 0.727. The molecule has 0 aliphatic heterocycles. The van der Waals surface area contributed by atoms with Gasteiger partial charge in [0.2, 0.25) is 0 Å². The summed E-state index contributed by atoms with van der Waals surface area (Å²) in [7, 11) is 3.51. The third-order valence-electron chi connectivity index (χ3n) is 2.13. The molecule has 8 heteroatoms. The van der Waals surface area contributed by atoms with Crippen molar-refractivity contribution in [2.45, 2.75) is 13.5 Å². The second kappa shape index (κ2) is 7.45. The van der Waals surface area contributed by atoms with Crippen LogP contribution < -0.4 is 10.2 Å². The number of aldehydes is 1. The van der Waals surface area contributed by atoms with Crippen molar-refractivity contribution in [2.24, 2.45) is 10.3 Å². The van der Waals surface area contributed by atoms with Crippen molar-refractivity contribution < 1.29 is 9.53 Å². The van der Waals surface area contributed by atoms with Crippen LogP contribution in [0.15, 0.2) is 14.1 Å². The molecule has 0 fully saturated rings. The van der Waals surface area contributed by atoms with Crippen molar-refractivity contribution in [3.05, 3.63) is 14.2 Å². The summed E-state index contributed by atoms with van der Waals surface area (Å²) in [4.78, 5) is 11.3. The van der Waals surface area contributed by atoms with Gasteiger partial charge in [-0.3, -0.25) is 4.79 Å². The highest BCUT2D eigenvalue weighted by molar-refractivity contribution is 9.11. The minimum absolute atomic E-state index is 0.0462. The van der Waals surface area contributed by atoms with E-state index >= 15 is 0 Å². The summed E-state index contributed by atoms with van der Waals surface area (Å²) in [5.74, 6) is 0.713. The van der Waals surface area contributed by atoms with Crippen LogP contribution in [0.25, 0.3) is 0 Å². The number of thiophene rings is 1. The Balaban J connectivity index is 2.78. The zero-order valence-corrected chi connectivity index (χ0v) is 12.8. The van der Waals surface area contributed by atoms with Crippen LogP contribution in [0.3, 0.4) is 0 Å². The molecule has 0 saturated heterocycles. The van der Waals surface area contributed by atoms with Gasteiger partial charge < -0.3 is 4.74 Å². The lowest BCUT2D eigenvalue weighted by molar-refractivity contribution is -0.109. The molecular formula is C10H15BrN4O2S. The lowest BCUT2D eigenvalue weighted by Crippen LogP contribution is -2.24. The number of nitrogens with one attached hydrogen (secondary N) is 1. The molecule has 0 atom stereocenters. The standard InChI is InChI=1S/C10H15BrN4O2S/c1-7-9(17-5-4-16)8(18-10(7)11)6-13-14-15(3)12-2/h4,12H,5-6H2,1-3H3. The Bertz CT molecular complexity index is 436. The molecule has 100 valence electrons. The lowest BCUT2D eigenvalue weighted by Gasteiger charge is -2.07. The minimum Gasteiger partial charge on any atom is -0.485 e. The molecule has 0 amide bonds. The van der Waals surface area contributed by atoms with Crippen molar-refractivity contribution in [2.75, 3.05) is 20.7 Å². The number of ether oxygens (including phenoxy) is 1. The fraction of sp³-hybridized carbons (Fsp3) is 0.500. The van der Waals surface area contributed by atoms with Gasteiger partial charge in [0.15, 0.2) is 6.29 Å². The van der Waals surface area contributed by atoms with Crippen molar-refractivity contribution in [1.29, 1.82) is 0 Å². The largest absolute Gasteiger partial charge is 0.485 e. The van der Waals surface area contributed by atoms with Crippen LogP contribution in [0.4, 0.5) is 0 Å². The van der Waals surface area contributed by atoms with E-state index in [1.54, 1.807) is 14.1 Å². The normalized spacial score (nSPS) is 10.9. The van der Waals surface area contributed by atoms with Crippen LogP contribution >= 0.6 is 27.3 Å². The molecule has 0 aliphatic carbocycles. The highest BCUT2D eigenvalue weighted by Gasteiger charge is 2.14. The summed E-state index contributed by atoms with van der Waals surface area (Å²) in [6.45, 7) is 2.39. The van der Waals surface area contributed by atoms with E-state index in [1.165, 1.54) is 16.5 Å². The molecule has 0 radical (unpaired) electrons. The van der Waals surface area contributed by atoms with Gasteiger partial charge in [0.05, 0.1) is 8.66 Å². The minimum atomic E-state index is 0.0462. The maximum absolute atomic E-state index is 10.4. The van der Waals surface area contributed by atoms with E-state index in [0.29, 0.717) is 12.3 Å². The summed E-state index contributed by atoms with van der Waals surface area (Å²) >= 11 is 4.98. The summed E-state index contributed by atoms with van der Waals surface area (Å²) in [6, 6.07) is 0. The van der Waals surface area contributed by atoms with Gasteiger partial charge >= 0.3 is 0 Å². The Labute approximate surface area is 118 Å². The first kappa shape index (κ1) is 15.1. The molecule has 0 aliphatic rings. The Morgan fingerprint density at radius 1 is 1.61 bits per heavy atom. The topological polar surface area (TPSA) is 66.3 Å². The van der Waals surface area contributed by atoms with Gasteiger partial charge in [-0.05, 0) is 22.9 Å². The Morgan fingerprint density at radius 3 is 2.94 bits per heavy atom. The van der Waals surface area contributed by atoms with Crippen molar-refractivity contribution in [1.82, 2.24) is 10.5 Å². The molecule has 18 heavy (non-hydrogen) atoms. The predicted molar refractivity (Wildman–Crippen MR) is 73.7 cm³/mol. The smallest absolute Gasteiger partial charge is 0.157 e. The summed E-state index contributed by atoms with van der Waals surface area (Å²) in [5.41, 5.74) is 3.79. The highest BCUT2D eigenvalue weighted by atomic mass is 79.9. The molecule has 0 unspecified atom stereocenters. The molecular weight excluding hydrogens is 320 g/mol. The van der Waals surface area contributed by atoms with Gasteiger partial charge in [0.1, 0.15) is 18.9 Å². The summed E-state index contributed by atoms with van der Waals surface area (Å²) < 4.78 is 6.39. The Morgan fingerprint density at radius 2 is 2.33 bits per heavy atom. The SMILES string of the molecule is CNN(C)N=NCc1sc(Br)c(C)c1OCC=O. The van der Waals surface area contributed by atoms with Gasteiger partial charge in [-0.2, -0.15) is 5.11 Å². The number of hydrogen-bond donors (Lipinski definition) is 1. The number of nitrogens with zero attached hydrogens (tertiary/aromatic N) is 3. The quantitative estimate of drug-likeness (QED) is 0.472. The zero-order valence-electron chi connectivity index (χ0n) is 10.4. The van der Waals surface area contributed by atoms with Crippen molar-refractivity contribution >= 4 is 33.6 Å². The first-order valence-corrected chi connectivity index (χ1v) is 6.83. The Kier molecular flexibility index (Phi) is 6.23. The van der Waals surface area contributed by atoms with Crippen LogP contribution in [0.1, 0.15) is 10.4 Å². The molecule has 1 heterocycles. The van der Waals surface area contributed by atoms with Crippen LogP contribution in [0.5, 0.6) is 5.75 Å². The second-order valence-corrected chi connectivity index (χ2v) is 5.79. The predicted octanol–water partition coefficient (Wildman–Crippen LogP) is 2.33. The second-order valence-electron chi connectivity index (χ2n) is 3.37. The van der Waals surface area contributed by atoms with E-state index in [4.69, 9.17) is 4.74 Å². The molecule has 1 rings (SSSR count). The molecule has 0 aromatic carbocycles. The molecule has 0 bridgehead atoms. The van der Waals surface area contributed by atoms with E-state index < -0.39 is 0 Å². The summed E-state index contributed by atoms with van der Waals surface area (Å²) in [5, 5.41) is 9.46. The van der Waals surface area contributed by atoms with Crippen molar-refractivity contribution in [3.63, 3.8) is 0 Å². The van der Waals surface area contributed by atoms with Gasteiger partial charge in [-0.15, -0.1) is 11.3 Å². The van der Waals surface area contributed by atoms with Gasteiger partial charge in [0, 0.05) is 19.7 Å². The molecule has 6 nitrogen and oxygen atoms in total. The van der Waals surface area contributed by atoms with Crippen LogP contribution in [0, 0.1) is 6.92 Å². The fourth-order valence-electron chi connectivity index (χ4n) is 1.18. The number of hydrazine groups is 1. The number of carbonyl (C=O) groups is 1. The molecule has 1 N–H and O–H groups in total. The van der Waals surface area contributed by atoms with Crippen molar-refractivity contribution in [3.8, 4) is 5.75 Å². The van der Waals surface area contributed by atoms with Gasteiger partial charge in [0.25, 0.3) is 0 Å². The van der Waals surface area contributed by atoms with E-state index in [-0.39, 0.29) is 6.61 Å². The average Bonchev–Trinajstić information content (AvgIpc) is 2.63. The van der Waals surface area contributed by atoms with Crippen LogP contribution in [0.2, 0.25) is 0 Å². The monoisotopic (exact) mass is 334 g/mol. The third kappa shape index (κ3) is 4.04. The van der Waals surface area contributed by atoms with Gasteiger partial charge in [-0.25, -0.2) is 10.5 Å². The average molecular weight is 335 g/mol. The van der Waals surface area contributed by atoms with Crippen LogP contribution in [-0.2, 0) is 11.3 Å². The van der Waals surface area contributed by atoms with E-state index in [0.717, 1.165) is 20.5 Å². The number of rotatable bonds is 7. The van der Waals surface area contributed by atoms with Crippen LogP contribution in [-0.4, -0.2) is 32.1 Å². The zero-order chi connectivity index (χ0) is 13.5. The van der Waals surface area contributed by atoms with Gasteiger partial charge in [-0.1, -0.05) is 5.22 Å². The van der Waals surface area contributed by atoms with E-state index in [1.807, 2.05) is 6.92 Å². The molecule has 0 saturated carbocycles. The first-order chi connectivity index (χ1) is 8.60. The number of carbonyl (C=O) groups excluding carboxylic acids is 1. The highest BCUT2D eigenvalue weighted by Crippen LogP contribution is 2.38. The van der Waals surface area contributed by atoms with E-state index in [2.05, 4.69) is 31.7 Å². The maximum atomic E-state index is 10.4. The first-order valence-electron chi connectivity index (χ1n) is 5.22. The molecule has 0 spiro atoms. The Hall–Kier alpha value is -0.990.